The van der Waals surface area contributed by atoms with Gasteiger partial charge >= 0.3 is 0 Å². The van der Waals surface area contributed by atoms with Gasteiger partial charge in [-0.2, -0.15) is 0 Å². The van der Waals surface area contributed by atoms with Gasteiger partial charge < -0.3 is 9.88 Å². The third-order valence-corrected chi connectivity index (χ3v) is 3.48. The Labute approximate surface area is 118 Å². The van der Waals surface area contributed by atoms with Gasteiger partial charge in [0.15, 0.2) is 0 Å². The monoisotopic (exact) mass is 270 g/mol. The van der Waals surface area contributed by atoms with E-state index in [0.717, 1.165) is 5.56 Å². The summed E-state index contributed by atoms with van der Waals surface area (Å²) in [7, 11) is 1.74. The normalized spacial score (nSPS) is 11.9. The van der Waals surface area contributed by atoms with Crippen molar-refractivity contribution in [1.29, 1.82) is 0 Å². The molecule has 2 rings (SSSR count). The number of benzene rings is 1. The average molecular weight is 270 g/mol. The lowest BCUT2D eigenvalue weighted by atomic mass is 10.0. The topological polar surface area (TPSA) is 53.2 Å². The van der Waals surface area contributed by atoms with E-state index in [2.05, 4.69) is 4.98 Å². The molecule has 0 aliphatic rings. The van der Waals surface area contributed by atoms with Crippen LogP contribution in [0.4, 0.5) is 0 Å². The minimum Gasteiger partial charge on any atom is -0.335 e. The van der Waals surface area contributed by atoms with E-state index in [9.17, 15) is 9.59 Å². The molecule has 1 atom stereocenters. The summed E-state index contributed by atoms with van der Waals surface area (Å²) in [5.74, 6) is -0.163. The quantitative estimate of drug-likeness (QED) is 0.931. The Kier molecular flexibility index (Phi) is 4.03. The lowest BCUT2D eigenvalue weighted by Crippen LogP contribution is -2.30. The number of rotatable bonds is 3. The maximum absolute atomic E-state index is 12.4. The minimum atomic E-state index is -0.271. The second-order valence-corrected chi connectivity index (χ2v) is 4.94. The van der Waals surface area contributed by atoms with Crippen molar-refractivity contribution >= 4 is 5.91 Å². The van der Waals surface area contributed by atoms with Gasteiger partial charge in [-0.1, -0.05) is 29.8 Å². The molecule has 1 heterocycles. The molecule has 104 valence electrons. The van der Waals surface area contributed by atoms with E-state index in [4.69, 9.17) is 0 Å². The summed E-state index contributed by atoms with van der Waals surface area (Å²) in [5, 5.41) is 0. The Bertz CT molecular complexity index is 659. The molecule has 4 heteroatoms. The number of nitrogens with one attached hydrogen (secondary N) is 1. The number of aromatic amines is 1. The second-order valence-electron chi connectivity index (χ2n) is 4.94. The summed E-state index contributed by atoms with van der Waals surface area (Å²) in [6.45, 7) is 4.00. The van der Waals surface area contributed by atoms with E-state index >= 15 is 0 Å². The molecule has 2 aromatic rings. The molecule has 0 spiro atoms. The molecule has 1 aromatic carbocycles. The van der Waals surface area contributed by atoms with E-state index in [-0.39, 0.29) is 17.5 Å². The van der Waals surface area contributed by atoms with Crippen LogP contribution in [0.25, 0.3) is 0 Å². The third kappa shape index (κ3) is 2.96. The summed E-state index contributed by atoms with van der Waals surface area (Å²) in [6, 6.07) is 11.0. The van der Waals surface area contributed by atoms with Crippen LogP contribution in [0.2, 0.25) is 0 Å². The Morgan fingerprint density at radius 2 is 1.85 bits per heavy atom. The standard InChI is InChI=1S/C16H18N2O2/c1-11-4-6-13(7-5-11)12(2)18(3)16(20)14-8-9-17-15(19)10-14/h4-10,12H,1-3H3,(H,17,19). The van der Waals surface area contributed by atoms with Gasteiger partial charge in [-0.15, -0.1) is 0 Å². The summed E-state index contributed by atoms with van der Waals surface area (Å²) >= 11 is 0. The van der Waals surface area contributed by atoms with Crippen molar-refractivity contribution in [3.8, 4) is 0 Å². The number of carbonyl (C=O) groups excluding carboxylic acids is 1. The van der Waals surface area contributed by atoms with Crippen molar-refractivity contribution in [2.45, 2.75) is 19.9 Å². The van der Waals surface area contributed by atoms with Gasteiger partial charge in [0.1, 0.15) is 0 Å². The van der Waals surface area contributed by atoms with Gasteiger partial charge in [0.2, 0.25) is 5.56 Å². The maximum Gasteiger partial charge on any atom is 0.254 e. The predicted octanol–water partition coefficient (Wildman–Crippen LogP) is 2.52. The number of hydrogen-bond donors (Lipinski definition) is 1. The Balaban J connectivity index is 2.22. The van der Waals surface area contributed by atoms with Crippen LogP contribution in [0.5, 0.6) is 0 Å². The van der Waals surface area contributed by atoms with E-state index < -0.39 is 0 Å². The summed E-state index contributed by atoms with van der Waals surface area (Å²) in [5.41, 5.74) is 2.38. The molecule has 1 amide bonds. The van der Waals surface area contributed by atoms with Crippen molar-refractivity contribution in [1.82, 2.24) is 9.88 Å². The van der Waals surface area contributed by atoms with Gasteiger partial charge in [-0.25, -0.2) is 0 Å². The largest absolute Gasteiger partial charge is 0.335 e. The van der Waals surface area contributed by atoms with Crippen LogP contribution in [0.1, 0.15) is 34.5 Å². The molecule has 0 aliphatic carbocycles. The highest BCUT2D eigenvalue weighted by molar-refractivity contribution is 5.94. The first-order valence-corrected chi connectivity index (χ1v) is 6.51. The zero-order valence-electron chi connectivity index (χ0n) is 11.9. The van der Waals surface area contributed by atoms with Crippen LogP contribution in [0.3, 0.4) is 0 Å². The fourth-order valence-corrected chi connectivity index (χ4v) is 2.03. The van der Waals surface area contributed by atoms with Gasteiger partial charge in [-0.3, -0.25) is 9.59 Å². The number of amides is 1. The molecule has 4 nitrogen and oxygen atoms in total. The number of aryl methyl sites for hydroxylation is 1. The first-order chi connectivity index (χ1) is 9.49. The molecule has 1 N–H and O–H groups in total. The van der Waals surface area contributed by atoms with Gasteiger partial charge in [0, 0.05) is 24.9 Å². The molecule has 0 saturated carbocycles. The number of carbonyl (C=O) groups is 1. The average Bonchev–Trinajstić information content (AvgIpc) is 2.46. The molecule has 0 bridgehead atoms. The fraction of sp³-hybridized carbons (Fsp3) is 0.250. The lowest BCUT2D eigenvalue weighted by molar-refractivity contribution is 0.0742. The van der Waals surface area contributed by atoms with Gasteiger partial charge in [0.05, 0.1) is 6.04 Å². The van der Waals surface area contributed by atoms with E-state index in [0.29, 0.717) is 5.56 Å². The van der Waals surface area contributed by atoms with Crippen LogP contribution in [-0.2, 0) is 0 Å². The molecule has 0 aliphatic heterocycles. The first-order valence-electron chi connectivity index (χ1n) is 6.51. The van der Waals surface area contributed by atoms with E-state index in [1.807, 2.05) is 38.1 Å². The zero-order chi connectivity index (χ0) is 14.7. The molecule has 0 fully saturated rings. The molecular weight excluding hydrogens is 252 g/mol. The Hall–Kier alpha value is -2.36. The van der Waals surface area contributed by atoms with Crippen LogP contribution in [0, 0.1) is 6.92 Å². The molecule has 20 heavy (non-hydrogen) atoms. The Morgan fingerprint density at radius 1 is 1.20 bits per heavy atom. The van der Waals surface area contributed by atoms with E-state index in [1.54, 1.807) is 18.0 Å². The fourth-order valence-electron chi connectivity index (χ4n) is 2.03. The van der Waals surface area contributed by atoms with Gasteiger partial charge in [0.25, 0.3) is 5.91 Å². The van der Waals surface area contributed by atoms with E-state index in [1.165, 1.54) is 17.8 Å². The molecular formula is C16H18N2O2. The Morgan fingerprint density at radius 3 is 2.45 bits per heavy atom. The predicted molar refractivity (Wildman–Crippen MR) is 78.8 cm³/mol. The zero-order valence-corrected chi connectivity index (χ0v) is 11.9. The smallest absolute Gasteiger partial charge is 0.254 e. The number of aromatic nitrogens is 1. The number of hydrogen-bond acceptors (Lipinski definition) is 2. The van der Waals surface area contributed by atoms with Crippen LogP contribution in [0.15, 0.2) is 47.4 Å². The second kappa shape index (κ2) is 5.74. The summed E-state index contributed by atoms with van der Waals surface area (Å²) in [6.07, 6.45) is 1.49. The van der Waals surface area contributed by atoms with Gasteiger partial charge in [-0.05, 0) is 25.5 Å². The number of pyridine rings is 1. The lowest BCUT2D eigenvalue weighted by Gasteiger charge is -2.25. The summed E-state index contributed by atoms with van der Waals surface area (Å²) < 4.78 is 0. The third-order valence-electron chi connectivity index (χ3n) is 3.48. The van der Waals surface area contributed by atoms with Crippen molar-refractivity contribution < 1.29 is 4.79 Å². The highest BCUT2D eigenvalue weighted by Crippen LogP contribution is 2.20. The van der Waals surface area contributed by atoms with Crippen molar-refractivity contribution in [2.24, 2.45) is 0 Å². The molecule has 0 saturated heterocycles. The molecule has 0 radical (unpaired) electrons. The maximum atomic E-state index is 12.4. The van der Waals surface area contributed by atoms with Crippen LogP contribution in [-0.4, -0.2) is 22.8 Å². The van der Waals surface area contributed by atoms with Crippen LogP contribution >= 0.6 is 0 Å². The molecule has 1 unspecified atom stereocenters. The van der Waals surface area contributed by atoms with Crippen LogP contribution < -0.4 is 5.56 Å². The SMILES string of the molecule is Cc1ccc(C(C)N(C)C(=O)c2cc[nH]c(=O)c2)cc1. The van der Waals surface area contributed by atoms with Crippen molar-refractivity contribution in [3.05, 3.63) is 69.6 Å². The molecule has 1 aromatic heterocycles. The van der Waals surface area contributed by atoms with Crippen molar-refractivity contribution in [2.75, 3.05) is 7.05 Å². The number of H-pyrrole nitrogens is 1. The minimum absolute atomic E-state index is 0.0533. The summed E-state index contributed by atoms with van der Waals surface area (Å²) in [4.78, 5) is 27.8. The van der Waals surface area contributed by atoms with Crippen molar-refractivity contribution in [3.63, 3.8) is 0 Å². The highest BCUT2D eigenvalue weighted by atomic mass is 16.2. The number of nitrogens with zero attached hydrogens (tertiary/aromatic N) is 1. The first kappa shape index (κ1) is 14.1. The highest BCUT2D eigenvalue weighted by Gasteiger charge is 2.18.